The van der Waals surface area contributed by atoms with Crippen LogP contribution in [0, 0.1) is 0 Å². The Balaban J connectivity index is 2.26. The Kier molecular flexibility index (Phi) is 8.03. The molecule has 1 aliphatic rings. The van der Waals surface area contributed by atoms with Gasteiger partial charge in [-0.3, -0.25) is 14.5 Å². The Morgan fingerprint density at radius 3 is 2.50 bits per heavy atom. The first-order valence-electron chi connectivity index (χ1n) is 8.86. The number of carbonyl (C=O) groups is 2. The molecule has 2 amide bonds. The Hall–Kier alpha value is -1.47. The number of hydrogen-bond donors (Lipinski definition) is 0. The monoisotopic (exact) mass is 441 g/mol. The van der Waals surface area contributed by atoms with Gasteiger partial charge in [0.05, 0.1) is 22.6 Å². The van der Waals surface area contributed by atoms with Crippen molar-refractivity contribution in [3.05, 3.63) is 27.1 Å². The first kappa shape index (κ1) is 20.8. The van der Waals surface area contributed by atoms with Gasteiger partial charge >= 0.3 is 0 Å². The van der Waals surface area contributed by atoms with Crippen molar-refractivity contribution in [3.63, 3.8) is 0 Å². The van der Waals surface area contributed by atoms with Crippen molar-refractivity contribution in [1.29, 1.82) is 0 Å². The third-order valence-corrected chi connectivity index (χ3v) is 5.27. The molecule has 1 heterocycles. The van der Waals surface area contributed by atoms with E-state index in [1.165, 1.54) is 4.90 Å². The van der Waals surface area contributed by atoms with Gasteiger partial charge in [-0.15, -0.1) is 0 Å². The minimum absolute atomic E-state index is 0.201. The van der Waals surface area contributed by atoms with Crippen LogP contribution in [0.4, 0.5) is 4.79 Å². The fraction of sp³-hybridized carbons (Fsp3) is 0.474. The molecule has 1 aromatic carbocycles. The molecule has 0 radical (unpaired) electrons. The highest BCUT2D eigenvalue weighted by Crippen LogP contribution is 2.39. The summed E-state index contributed by atoms with van der Waals surface area (Å²) in [6, 6.07) is 3.68. The van der Waals surface area contributed by atoms with Gasteiger partial charge in [0.25, 0.3) is 11.1 Å². The summed E-state index contributed by atoms with van der Waals surface area (Å²) in [5.41, 5.74) is 0.780. The van der Waals surface area contributed by atoms with Crippen molar-refractivity contribution in [2.75, 3.05) is 19.8 Å². The van der Waals surface area contributed by atoms with E-state index in [0.717, 1.165) is 41.1 Å². The normalized spacial score (nSPS) is 15.8. The van der Waals surface area contributed by atoms with Crippen LogP contribution >= 0.6 is 27.7 Å². The van der Waals surface area contributed by atoms with E-state index in [2.05, 4.69) is 22.9 Å². The highest BCUT2D eigenvalue weighted by molar-refractivity contribution is 9.10. The third-order valence-electron chi connectivity index (χ3n) is 3.78. The number of rotatable bonds is 9. The van der Waals surface area contributed by atoms with E-state index in [9.17, 15) is 9.59 Å². The van der Waals surface area contributed by atoms with Crippen molar-refractivity contribution >= 4 is 44.9 Å². The molecule has 0 spiro atoms. The summed E-state index contributed by atoms with van der Waals surface area (Å²) in [5, 5.41) is -0.201. The number of amides is 2. The zero-order chi connectivity index (χ0) is 19.1. The molecular weight excluding hydrogens is 418 g/mol. The Bertz CT molecular complexity index is 705. The molecule has 0 saturated carbocycles. The summed E-state index contributed by atoms with van der Waals surface area (Å²) in [7, 11) is 0. The van der Waals surface area contributed by atoms with Gasteiger partial charge < -0.3 is 9.47 Å². The maximum atomic E-state index is 12.5. The van der Waals surface area contributed by atoms with Crippen LogP contribution in [-0.2, 0) is 4.79 Å². The predicted octanol–water partition coefficient (Wildman–Crippen LogP) is 5.47. The highest BCUT2D eigenvalue weighted by atomic mass is 79.9. The number of halogens is 1. The number of hydrogen-bond acceptors (Lipinski definition) is 5. The number of thioether (sulfide) groups is 1. The van der Waals surface area contributed by atoms with Crippen LogP contribution in [0.15, 0.2) is 21.5 Å². The maximum Gasteiger partial charge on any atom is 0.293 e. The first-order valence-corrected chi connectivity index (χ1v) is 10.5. The van der Waals surface area contributed by atoms with E-state index in [1.54, 1.807) is 6.08 Å². The molecule has 0 aliphatic carbocycles. The zero-order valence-corrected chi connectivity index (χ0v) is 17.7. The molecule has 1 fully saturated rings. The summed E-state index contributed by atoms with van der Waals surface area (Å²) in [6.07, 6.45) is 4.62. The lowest BCUT2D eigenvalue weighted by Crippen LogP contribution is -2.29. The number of benzene rings is 1. The predicted molar refractivity (Wildman–Crippen MR) is 109 cm³/mol. The molecule has 1 aromatic rings. The van der Waals surface area contributed by atoms with E-state index < -0.39 is 0 Å². The van der Waals surface area contributed by atoms with E-state index in [-0.39, 0.29) is 11.1 Å². The standard InChI is InChI=1S/C19H24BrNO4S/c1-4-7-8-9-21-18(22)16(26-19(21)23)12-13-10-14(20)17(25-6-3)15(11-13)24-5-2/h10-12H,4-9H2,1-3H3/b16-12-. The fourth-order valence-electron chi connectivity index (χ4n) is 2.58. The van der Waals surface area contributed by atoms with Gasteiger partial charge in [0.1, 0.15) is 0 Å². The lowest BCUT2D eigenvalue weighted by Gasteiger charge is -2.14. The summed E-state index contributed by atoms with van der Waals surface area (Å²) in [5.74, 6) is 1.02. The topological polar surface area (TPSA) is 55.8 Å². The van der Waals surface area contributed by atoms with Crippen LogP contribution in [0.5, 0.6) is 11.5 Å². The molecule has 7 heteroatoms. The van der Waals surface area contributed by atoms with Gasteiger partial charge in [0.2, 0.25) is 0 Å². The van der Waals surface area contributed by atoms with Crippen molar-refractivity contribution < 1.29 is 19.1 Å². The molecule has 26 heavy (non-hydrogen) atoms. The maximum absolute atomic E-state index is 12.5. The Morgan fingerprint density at radius 1 is 1.12 bits per heavy atom. The number of unbranched alkanes of at least 4 members (excludes halogenated alkanes) is 2. The molecule has 5 nitrogen and oxygen atoms in total. The van der Waals surface area contributed by atoms with E-state index in [4.69, 9.17) is 9.47 Å². The largest absolute Gasteiger partial charge is 0.490 e. The Labute approximate surface area is 167 Å². The quantitative estimate of drug-likeness (QED) is 0.375. The molecule has 0 bridgehead atoms. The molecular formula is C19H24BrNO4S. The molecule has 1 aliphatic heterocycles. The molecule has 2 rings (SSSR count). The number of carbonyl (C=O) groups excluding carboxylic acids is 2. The molecule has 0 atom stereocenters. The fourth-order valence-corrected chi connectivity index (χ4v) is 4.02. The van der Waals surface area contributed by atoms with E-state index in [1.807, 2.05) is 26.0 Å². The minimum atomic E-state index is -0.223. The third kappa shape index (κ3) is 5.04. The molecule has 1 saturated heterocycles. The second kappa shape index (κ2) is 10.0. The molecule has 0 N–H and O–H groups in total. The van der Waals surface area contributed by atoms with Crippen LogP contribution < -0.4 is 9.47 Å². The SMILES string of the molecule is CCCCCN1C(=O)S/C(=C\c2cc(Br)c(OCC)c(OCC)c2)C1=O. The Morgan fingerprint density at radius 2 is 1.85 bits per heavy atom. The van der Waals surface area contributed by atoms with Crippen LogP contribution in [0.2, 0.25) is 0 Å². The van der Waals surface area contributed by atoms with Gasteiger partial charge in [-0.2, -0.15) is 0 Å². The van der Waals surface area contributed by atoms with Crippen molar-refractivity contribution in [1.82, 2.24) is 4.90 Å². The lowest BCUT2D eigenvalue weighted by atomic mass is 10.1. The van der Waals surface area contributed by atoms with Crippen LogP contribution in [0.1, 0.15) is 45.6 Å². The lowest BCUT2D eigenvalue weighted by molar-refractivity contribution is -0.122. The minimum Gasteiger partial charge on any atom is -0.490 e. The smallest absolute Gasteiger partial charge is 0.293 e. The van der Waals surface area contributed by atoms with Crippen molar-refractivity contribution in [2.45, 2.75) is 40.0 Å². The number of ether oxygens (including phenoxy) is 2. The average molecular weight is 442 g/mol. The van der Waals surface area contributed by atoms with E-state index in [0.29, 0.717) is 36.2 Å². The van der Waals surface area contributed by atoms with Gasteiger partial charge in [-0.1, -0.05) is 19.8 Å². The summed E-state index contributed by atoms with van der Waals surface area (Å²) >= 11 is 4.48. The summed E-state index contributed by atoms with van der Waals surface area (Å²) in [6.45, 7) is 7.40. The van der Waals surface area contributed by atoms with Gasteiger partial charge in [0.15, 0.2) is 11.5 Å². The summed E-state index contributed by atoms with van der Waals surface area (Å²) < 4.78 is 12.0. The zero-order valence-electron chi connectivity index (χ0n) is 15.3. The van der Waals surface area contributed by atoms with Gasteiger partial charge in [-0.25, -0.2) is 0 Å². The average Bonchev–Trinajstić information content (AvgIpc) is 2.86. The second-order valence-electron chi connectivity index (χ2n) is 5.74. The van der Waals surface area contributed by atoms with Crippen LogP contribution in [0.3, 0.4) is 0 Å². The van der Waals surface area contributed by atoms with Crippen LogP contribution in [-0.4, -0.2) is 35.8 Å². The second-order valence-corrected chi connectivity index (χ2v) is 7.58. The summed E-state index contributed by atoms with van der Waals surface area (Å²) in [4.78, 5) is 26.4. The van der Waals surface area contributed by atoms with Crippen molar-refractivity contribution in [2.24, 2.45) is 0 Å². The molecule has 142 valence electrons. The molecule has 0 aromatic heterocycles. The van der Waals surface area contributed by atoms with Gasteiger partial charge in [-0.05, 0) is 71.7 Å². The number of imide groups is 1. The first-order chi connectivity index (χ1) is 12.5. The van der Waals surface area contributed by atoms with Crippen molar-refractivity contribution in [3.8, 4) is 11.5 Å². The van der Waals surface area contributed by atoms with E-state index >= 15 is 0 Å². The van der Waals surface area contributed by atoms with Gasteiger partial charge in [0, 0.05) is 6.54 Å². The van der Waals surface area contributed by atoms with Crippen LogP contribution in [0.25, 0.3) is 6.08 Å². The molecule has 0 unspecified atom stereocenters. The number of nitrogens with zero attached hydrogens (tertiary/aromatic N) is 1. The highest BCUT2D eigenvalue weighted by Gasteiger charge is 2.34.